The van der Waals surface area contributed by atoms with Crippen LogP contribution < -0.4 is 10.1 Å². The molecular weight excluding hydrogens is 464 g/mol. The number of benzene rings is 3. The number of rotatable bonds is 7. The third-order valence-corrected chi connectivity index (χ3v) is 6.98. The molecule has 0 fully saturated rings. The van der Waals surface area contributed by atoms with E-state index in [-0.39, 0.29) is 16.0 Å². The van der Waals surface area contributed by atoms with E-state index in [4.69, 9.17) is 0 Å². The molecule has 0 bridgehead atoms. The molecule has 9 heteroatoms. The van der Waals surface area contributed by atoms with E-state index in [0.717, 1.165) is 22.8 Å². The summed E-state index contributed by atoms with van der Waals surface area (Å²) in [6, 6.07) is 16.9. The zero-order valence-electron chi connectivity index (χ0n) is 20.7. The van der Waals surface area contributed by atoms with Crippen molar-refractivity contribution in [2.45, 2.75) is 51.9 Å². The molecule has 0 aromatic heterocycles. The molecular formula is C26H30N4O4S. The Morgan fingerprint density at radius 2 is 1.57 bits per heavy atom. The molecule has 3 aromatic carbocycles. The summed E-state index contributed by atoms with van der Waals surface area (Å²) < 4.78 is 28.3. The van der Waals surface area contributed by atoms with Gasteiger partial charge in [0.15, 0.2) is 0 Å². The molecule has 0 saturated heterocycles. The van der Waals surface area contributed by atoms with Gasteiger partial charge < -0.3 is 0 Å². The van der Waals surface area contributed by atoms with E-state index in [0.29, 0.717) is 11.4 Å². The Morgan fingerprint density at radius 1 is 0.943 bits per heavy atom. The van der Waals surface area contributed by atoms with Gasteiger partial charge >= 0.3 is 0 Å². The molecule has 0 spiro atoms. The Labute approximate surface area is 206 Å². The highest BCUT2D eigenvalue weighted by atomic mass is 32.2. The minimum Gasteiger partial charge on any atom is -0.279 e. The standard InChI is InChI=1S/C26H30N4O4S/c1-17-7-13-23(18(2)15-17)29-35(33,34)22-12-14-24(25(16-22)30(31)32)28-27-19(3)20-8-10-21(11-9-20)26(4,5)6/h7-16,28-29H,1-6H3. The zero-order chi connectivity index (χ0) is 26.0. The average Bonchev–Trinajstić information content (AvgIpc) is 2.78. The van der Waals surface area contributed by atoms with Crippen LogP contribution >= 0.6 is 0 Å². The van der Waals surface area contributed by atoms with E-state index >= 15 is 0 Å². The molecule has 3 aromatic rings. The van der Waals surface area contributed by atoms with Crippen molar-refractivity contribution in [3.63, 3.8) is 0 Å². The molecule has 3 rings (SSSR count). The minimum atomic E-state index is -4.03. The van der Waals surface area contributed by atoms with Crippen LogP contribution in [0.5, 0.6) is 0 Å². The highest BCUT2D eigenvalue weighted by Crippen LogP contribution is 2.29. The number of hydrazone groups is 1. The maximum absolute atomic E-state index is 12.9. The maximum atomic E-state index is 12.9. The van der Waals surface area contributed by atoms with Crippen molar-refractivity contribution in [2.24, 2.45) is 5.10 Å². The third kappa shape index (κ3) is 6.24. The van der Waals surface area contributed by atoms with Crippen LogP contribution in [0.3, 0.4) is 0 Å². The van der Waals surface area contributed by atoms with Gasteiger partial charge in [-0.15, -0.1) is 0 Å². The molecule has 0 heterocycles. The molecule has 8 nitrogen and oxygen atoms in total. The normalized spacial score (nSPS) is 12.3. The van der Waals surface area contributed by atoms with Crippen LogP contribution in [0.4, 0.5) is 17.1 Å². The van der Waals surface area contributed by atoms with E-state index in [1.807, 2.05) is 37.3 Å². The van der Waals surface area contributed by atoms with Crippen molar-refractivity contribution in [3.8, 4) is 0 Å². The van der Waals surface area contributed by atoms with E-state index in [1.54, 1.807) is 26.0 Å². The Morgan fingerprint density at radius 3 is 2.14 bits per heavy atom. The summed E-state index contributed by atoms with van der Waals surface area (Å²) in [4.78, 5) is 10.8. The highest BCUT2D eigenvalue weighted by molar-refractivity contribution is 7.92. The molecule has 0 aliphatic carbocycles. The summed E-state index contributed by atoms with van der Waals surface area (Å²) in [5.74, 6) is 0. The fourth-order valence-electron chi connectivity index (χ4n) is 3.48. The molecule has 0 radical (unpaired) electrons. The Bertz CT molecular complexity index is 1390. The summed E-state index contributed by atoms with van der Waals surface area (Å²) in [5, 5.41) is 16.0. The van der Waals surface area contributed by atoms with Gasteiger partial charge in [-0.2, -0.15) is 5.10 Å². The lowest BCUT2D eigenvalue weighted by atomic mass is 9.86. The van der Waals surface area contributed by atoms with E-state index in [1.165, 1.54) is 17.7 Å². The number of nitrogens with one attached hydrogen (secondary N) is 2. The zero-order valence-corrected chi connectivity index (χ0v) is 21.5. The Kier molecular flexibility index (Phi) is 7.30. The van der Waals surface area contributed by atoms with Crippen LogP contribution in [0.2, 0.25) is 0 Å². The van der Waals surface area contributed by atoms with Crippen molar-refractivity contribution in [2.75, 3.05) is 10.1 Å². The monoisotopic (exact) mass is 494 g/mol. The molecule has 0 amide bonds. The Hall–Kier alpha value is -3.72. The van der Waals surface area contributed by atoms with E-state index < -0.39 is 20.6 Å². The van der Waals surface area contributed by atoms with Crippen LogP contribution in [0.25, 0.3) is 0 Å². The number of nitro benzene ring substituents is 1. The van der Waals surface area contributed by atoms with Crippen LogP contribution in [0.1, 0.15) is 49.9 Å². The predicted octanol–water partition coefficient (Wildman–Crippen LogP) is 6.15. The van der Waals surface area contributed by atoms with Gasteiger partial charge in [0.1, 0.15) is 5.69 Å². The summed E-state index contributed by atoms with van der Waals surface area (Å²) >= 11 is 0. The number of sulfonamides is 1. The fraction of sp³-hybridized carbons (Fsp3) is 0.269. The molecule has 184 valence electrons. The number of nitro groups is 1. The second kappa shape index (κ2) is 9.87. The number of hydrogen-bond donors (Lipinski definition) is 2. The quantitative estimate of drug-likeness (QED) is 0.232. The van der Waals surface area contributed by atoms with Crippen molar-refractivity contribution in [1.29, 1.82) is 0 Å². The van der Waals surface area contributed by atoms with Gasteiger partial charge in [-0.3, -0.25) is 20.3 Å². The number of nitrogens with zero attached hydrogens (tertiary/aromatic N) is 2. The van der Waals surface area contributed by atoms with Crippen molar-refractivity contribution >= 4 is 32.8 Å². The lowest BCUT2D eigenvalue weighted by molar-refractivity contribution is -0.384. The predicted molar refractivity (Wildman–Crippen MR) is 141 cm³/mol. The largest absolute Gasteiger partial charge is 0.295 e. The summed E-state index contributed by atoms with van der Waals surface area (Å²) in [6.45, 7) is 11.9. The number of anilines is 2. The SMILES string of the molecule is CC(=NNc1ccc(S(=O)(=O)Nc2ccc(C)cc2C)cc1[N+](=O)[O-])c1ccc(C(C)(C)C)cc1. The van der Waals surface area contributed by atoms with Crippen LogP contribution in [-0.4, -0.2) is 19.1 Å². The van der Waals surface area contributed by atoms with Crippen molar-refractivity contribution in [1.82, 2.24) is 0 Å². The maximum Gasteiger partial charge on any atom is 0.295 e. The molecule has 0 aliphatic rings. The van der Waals surface area contributed by atoms with E-state index in [2.05, 4.69) is 36.0 Å². The summed E-state index contributed by atoms with van der Waals surface area (Å²) in [7, 11) is -4.03. The van der Waals surface area contributed by atoms with Crippen molar-refractivity contribution < 1.29 is 13.3 Å². The average molecular weight is 495 g/mol. The lowest BCUT2D eigenvalue weighted by Gasteiger charge is -2.19. The smallest absolute Gasteiger partial charge is 0.279 e. The molecule has 0 atom stereocenters. The van der Waals surface area contributed by atoms with Crippen LogP contribution in [0.15, 0.2) is 70.7 Å². The van der Waals surface area contributed by atoms with Crippen LogP contribution in [-0.2, 0) is 15.4 Å². The number of aryl methyl sites for hydroxylation is 2. The fourth-order valence-corrected chi connectivity index (χ4v) is 4.63. The third-order valence-electron chi connectivity index (χ3n) is 5.62. The second-order valence-corrected chi connectivity index (χ2v) is 11.2. The molecule has 0 aliphatic heterocycles. The first-order chi connectivity index (χ1) is 16.3. The van der Waals surface area contributed by atoms with Gasteiger partial charge in [0.05, 0.1) is 21.2 Å². The molecule has 35 heavy (non-hydrogen) atoms. The first-order valence-electron chi connectivity index (χ1n) is 11.1. The van der Waals surface area contributed by atoms with Crippen molar-refractivity contribution in [3.05, 3.63) is 93.0 Å². The number of hydrogen-bond acceptors (Lipinski definition) is 6. The van der Waals surface area contributed by atoms with E-state index in [9.17, 15) is 18.5 Å². The first kappa shape index (κ1) is 25.9. The van der Waals surface area contributed by atoms with Crippen LogP contribution in [0, 0.1) is 24.0 Å². The van der Waals surface area contributed by atoms with Gasteiger partial charge in [0, 0.05) is 6.07 Å². The molecule has 0 unspecified atom stereocenters. The summed E-state index contributed by atoms with van der Waals surface area (Å²) in [6.07, 6.45) is 0. The van der Waals surface area contributed by atoms with Gasteiger partial charge in [-0.1, -0.05) is 62.7 Å². The van der Waals surface area contributed by atoms with Gasteiger partial charge in [0.2, 0.25) is 0 Å². The highest BCUT2D eigenvalue weighted by Gasteiger charge is 2.22. The van der Waals surface area contributed by atoms with Gasteiger partial charge in [-0.25, -0.2) is 8.42 Å². The minimum absolute atomic E-state index is 0.0253. The molecule has 0 saturated carbocycles. The Balaban J connectivity index is 1.86. The summed E-state index contributed by atoms with van der Waals surface area (Å²) in [5.41, 5.74) is 7.28. The van der Waals surface area contributed by atoms with Gasteiger partial charge in [-0.05, 0) is 61.1 Å². The lowest BCUT2D eigenvalue weighted by Crippen LogP contribution is -2.14. The second-order valence-electron chi connectivity index (χ2n) is 9.50. The topological polar surface area (TPSA) is 114 Å². The first-order valence-corrected chi connectivity index (χ1v) is 12.6. The van der Waals surface area contributed by atoms with Gasteiger partial charge in [0.25, 0.3) is 15.7 Å². The molecule has 2 N–H and O–H groups in total.